The zero-order valence-electron chi connectivity index (χ0n) is 16.1. The first kappa shape index (κ1) is 19.6. The van der Waals surface area contributed by atoms with Crippen LogP contribution in [0.1, 0.15) is 11.1 Å². The van der Waals surface area contributed by atoms with Gasteiger partial charge in [-0.3, -0.25) is 9.69 Å². The van der Waals surface area contributed by atoms with E-state index in [4.69, 9.17) is 4.74 Å². The molecule has 1 amide bonds. The molecule has 0 aliphatic heterocycles. The van der Waals surface area contributed by atoms with E-state index in [1.54, 1.807) is 0 Å². The summed E-state index contributed by atoms with van der Waals surface area (Å²) in [6.45, 7) is 0.843. The lowest BCUT2D eigenvalue weighted by Gasteiger charge is -2.20. The van der Waals surface area contributed by atoms with Gasteiger partial charge in [0, 0.05) is 30.1 Å². The lowest BCUT2D eigenvalue weighted by Crippen LogP contribution is -2.46. The third-order valence-electron chi connectivity index (χ3n) is 4.63. The molecule has 1 heterocycles. The van der Waals surface area contributed by atoms with Crippen LogP contribution in [0, 0.1) is 0 Å². The molecule has 2 N–H and O–H groups in total. The Bertz CT molecular complexity index is 936. The molecule has 3 rings (SSSR count). The van der Waals surface area contributed by atoms with Crippen molar-refractivity contribution in [3.8, 4) is 0 Å². The van der Waals surface area contributed by atoms with Crippen molar-refractivity contribution in [3.63, 3.8) is 0 Å². The van der Waals surface area contributed by atoms with Crippen molar-refractivity contribution in [2.24, 2.45) is 0 Å². The van der Waals surface area contributed by atoms with Crippen molar-refractivity contribution in [1.82, 2.24) is 15.2 Å². The highest BCUT2D eigenvalue weighted by molar-refractivity contribution is 5.87. The fourth-order valence-corrected chi connectivity index (χ4v) is 3.29. The fraction of sp³-hybridized carbons (Fsp3) is 0.273. The Morgan fingerprint density at radius 3 is 2.57 bits per heavy atom. The van der Waals surface area contributed by atoms with Crippen LogP contribution in [0.5, 0.6) is 0 Å². The van der Waals surface area contributed by atoms with Crippen molar-refractivity contribution in [2.45, 2.75) is 19.0 Å². The van der Waals surface area contributed by atoms with Gasteiger partial charge >= 0.3 is 5.97 Å². The molecule has 0 aliphatic rings. The molecule has 0 spiro atoms. The number of fused-ring (bicyclic) bond motifs is 1. The summed E-state index contributed by atoms with van der Waals surface area (Å²) in [4.78, 5) is 29.8. The first-order valence-electron chi connectivity index (χ1n) is 9.21. The zero-order chi connectivity index (χ0) is 19.9. The van der Waals surface area contributed by atoms with Gasteiger partial charge in [-0.1, -0.05) is 48.5 Å². The largest absolute Gasteiger partial charge is 0.467 e. The number of amides is 1. The standard InChI is InChI=1S/C22H25N3O3/c1-25(14-16-8-4-3-5-9-16)15-21(26)24-20(22(27)28-2)12-17-13-23-19-11-7-6-10-18(17)19/h3-11,13,20,23H,12,14-15H2,1-2H3,(H,24,26). The van der Waals surface area contributed by atoms with Gasteiger partial charge in [-0.2, -0.15) is 0 Å². The van der Waals surface area contributed by atoms with Crippen LogP contribution in [0.3, 0.4) is 0 Å². The van der Waals surface area contributed by atoms with Crippen LogP contribution in [0.15, 0.2) is 60.8 Å². The Kier molecular flexibility index (Phi) is 6.45. The SMILES string of the molecule is COC(=O)C(Cc1c[nH]c2ccccc12)NC(=O)CN(C)Cc1ccccc1. The Labute approximate surface area is 164 Å². The van der Waals surface area contributed by atoms with E-state index < -0.39 is 12.0 Å². The number of para-hydroxylation sites is 1. The van der Waals surface area contributed by atoms with Crippen molar-refractivity contribution < 1.29 is 14.3 Å². The van der Waals surface area contributed by atoms with E-state index >= 15 is 0 Å². The highest BCUT2D eigenvalue weighted by atomic mass is 16.5. The number of nitrogens with one attached hydrogen (secondary N) is 2. The molecule has 6 nitrogen and oxygen atoms in total. The van der Waals surface area contributed by atoms with Crippen molar-refractivity contribution in [3.05, 3.63) is 71.9 Å². The number of nitrogens with zero attached hydrogens (tertiary/aromatic N) is 1. The minimum absolute atomic E-state index is 0.191. The molecule has 1 aromatic heterocycles. The normalized spacial score (nSPS) is 12.1. The number of hydrogen-bond donors (Lipinski definition) is 2. The van der Waals surface area contributed by atoms with E-state index in [2.05, 4.69) is 10.3 Å². The first-order valence-corrected chi connectivity index (χ1v) is 9.21. The van der Waals surface area contributed by atoms with Gasteiger partial charge in [-0.15, -0.1) is 0 Å². The lowest BCUT2D eigenvalue weighted by molar-refractivity contribution is -0.145. The van der Waals surface area contributed by atoms with E-state index in [1.807, 2.05) is 72.7 Å². The fourth-order valence-electron chi connectivity index (χ4n) is 3.29. The number of carbonyl (C=O) groups excluding carboxylic acids is 2. The Morgan fingerprint density at radius 2 is 1.82 bits per heavy atom. The van der Waals surface area contributed by atoms with Crippen LogP contribution < -0.4 is 5.32 Å². The summed E-state index contributed by atoms with van der Waals surface area (Å²) >= 11 is 0. The summed E-state index contributed by atoms with van der Waals surface area (Å²) in [5.41, 5.74) is 3.08. The van der Waals surface area contributed by atoms with Crippen molar-refractivity contribution in [1.29, 1.82) is 0 Å². The van der Waals surface area contributed by atoms with Gasteiger partial charge in [0.05, 0.1) is 13.7 Å². The summed E-state index contributed by atoms with van der Waals surface area (Å²) in [5, 5.41) is 3.85. The topological polar surface area (TPSA) is 74.4 Å². The highest BCUT2D eigenvalue weighted by Crippen LogP contribution is 2.19. The minimum atomic E-state index is -0.734. The van der Waals surface area contributed by atoms with Gasteiger partial charge in [-0.25, -0.2) is 4.79 Å². The highest BCUT2D eigenvalue weighted by Gasteiger charge is 2.23. The number of methoxy groups -OCH3 is 1. The predicted octanol–water partition coefficient (Wildman–Crippen LogP) is 2.50. The quantitative estimate of drug-likeness (QED) is 0.590. The Hall–Kier alpha value is -3.12. The molecule has 3 aromatic rings. The van der Waals surface area contributed by atoms with Crippen LogP contribution in [0.25, 0.3) is 10.9 Å². The average molecular weight is 379 g/mol. The minimum Gasteiger partial charge on any atom is -0.467 e. The van der Waals surface area contributed by atoms with Gasteiger partial charge in [0.2, 0.25) is 5.91 Å². The molecule has 0 fully saturated rings. The number of likely N-dealkylation sites (N-methyl/N-ethyl adjacent to an activating group) is 1. The lowest BCUT2D eigenvalue weighted by atomic mass is 10.0. The summed E-state index contributed by atoms with van der Waals surface area (Å²) in [6, 6.07) is 17.1. The van der Waals surface area contributed by atoms with Gasteiger partial charge in [-0.05, 0) is 24.2 Å². The molecule has 6 heteroatoms. The number of H-pyrrole nitrogens is 1. The van der Waals surface area contributed by atoms with Gasteiger partial charge in [0.15, 0.2) is 0 Å². The molecule has 146 valence electrons. The number of benzene rings is 2. The average Bonchev–Trinajstić information content (AvgIpc) is 3.10. The van der Waals surface area contributed by atoms with Crippen LogP contribution in [0.2, 0.25) is 0 Å². The molecule has 0 saturated heterocycles. The second-order valence-corrected chi connectivity index (χ2v) is 6.86. The molecule has 2 aromatic carbocycles. The molecule has 0 bridgehead atoms. The Morgan fingerprint density at radius 1 is 1.11 bits per heavy atom. The number of rotatable bonds is 8. The number of esters is 1. The third-order valence-corrected chi connectivity index (χ3v) is 4.63. The number of aromatic amines is 1. The maximum Gasteiger partial charge on any atom is 0.328 e. The molecule has 0 radical (unpaired) electrons. The number of aromatic nitrogens is 1. The van der Waals surface area contributed by atoms with E-state index in [0.29, 0.717) is 13.0 Å². The summed E-state index contributed by atoms with van der Waals surface area (Å²) in [6.07, 6.45) is 2.24. The van der Waals surface area contributed by atoms with Gasteiger partial charge < -0.3 is 15.0 Å². The smallest absolute Gasteiger partial charge is 0.328 e. The van der Waals surface area contributed by atoms with Gasteiger partial charge in [0.1, 0.15) is 6.04 Å². The van der Waals surface area contributed by atoms with Crippen LogP contribution >= 0.6 is 0 Å². The predicted molar refractivity (Wildman–Crippen MR) is 109 cm³/mol. The maximum absolute atomic E-state index is 12.5. The van der Waals surface area contributed by atoms with Crippen LogP contribution in [0.4, 0.5) is 0 Å². The van der Waals surface area contributed by atoms with Crippen LogP contribution in [-0.4, -0.2) is 48.5 Å². The van der Waals surface area contributed by atoms with E-state index in [9.17, 15) is 9.59 Å². The summed E-state index contributed by atoms with van der Waals surface area (Å²) in [5.74, 6) is -0.669. The molecule has 0 aliphatic carbocycles. The first-order chi connectivity index (χ1) is 13.6. The second kappa shape index (κ2) is 9.19. The number of hydrogen-bond acceptors (Lipinski definition) is 4. The van der Waals surface area contributed by atoms with E-state index in [-0.39, 0.29) is 12.5 Å². The molecule has 28 heavy (non-hydrogen) atoms. The van der Waals surface area contributed by atoms with E-state index in [0.717, 1.165) is 22.0 Å². The van der Waals surface area contributed by atoms with Crippen LogP contribution in [-0.2, 0) is 27.3 Å². The maximum atomic E-state index is 12.5. The number of ether oxygens (including phenoxy) is 1. The second-order valence-electron chi connectivity index (χ2n) is 6.86. The summed E-state index contributed by atoms with van der Waals surface area (Å²) < 4.78 is 4.90. The molecule has 0 saturated carbocycles. The molecular weight excluding hydrogens is 354 g/mol. The van der Waals surface area contributed by atoms with Crippen molar-refractivity contribution >= 4 is 22.8 Å². The Balaban J connectivity index is 1.63. The van der Waals surface area contributed by atoms with Crippen molar-refractivity contribution in [2.75, 3.05) is 20.7 Å². The third kappa shape index (κ3) is 4.98. The summed E-state index contributed by atoms with van der Waals surface area (Å²) in [7, 11) is 3.21. The molecule has 1 unspecified atom stereocenters. The molecule has 1 atom stereocenters. The van der Waals surface area contributed by atoms with Gasteiger partial charge in [0.25, 0.3) is 0 Å². The van der Waals surface area contributed by atoms with E-state index in [1.165, 1.54) is 7.11 Å². The monoisotopic (exact) mass is 379 g/mol. The zero-order valence-corrected chi connectivity index (χ0v) is 16.1. The molecular formula is C22H25N3O3. The number of carbonyl (C=O) groups is 2.